The topological polar surface area (TPSA) is 122 Å². The summed E-state index contributed by atoms with van der Waals surface area (Å²) in [6, 6.07) is 9.67. The highest BCUT2D eigenvalue weighted by Crippen LogP contribution is 2.27. The standard InChI is InChI=1S/C15H15ClN4O4S2/c1-26(23,24)19-13-7-4-10(8-12(13)16)18-15(22)20(25)11-5-2-9(3-6-11)14(17)21/h2-8,19,25H,1H3,(H2,17,21)(H,18,22). The number of benzene rings is 2. The monoisotopic (exact) mass is 414 g/mol. The van der Waals surface area contributed by atoms with Crippen molar-refractivity contribution < 1.29 is 18.0 Å². The van der Waals surface area contributed by atoms with Crippen molar-refractivity contribution in [1.82, 2.24) is 0 Å². The van der Waals surface area contributed by atoms with E-state index in [0.29, 0.717) is 16.9 Å². The molecule has 138 valence electrons. The van der Waals surface area contributed by atoms with Gasteiger partial charge in [0, 0.05) is 11.3 Å². The molecular weight excluding hydrogens is 400 g/mol. The average Bonchev–Trinajstić information content (AvgIpc) is 2.55. The summed E-state index contributed by atoms with van der Waals surface area (Å²) in [4.78, 5) is 23.3. The predicted octanol–water partition coefficient (Wildman–Crippen LogP) is 2.69. The number of carbonyl (C=O) groups is 2. The van der Waals surface area contributed by atoms with Crippen molar-refractivity contribution in [2.24, 2.45) is 5.73 Å². The summed E-state index contributed by atoms with van der Waals surface area (Å²) < 4.78 is 25.8. The number of nitrogens with two attached hydrogens (primary N) is 1. The smallest absolute Gasteiger partial charge is 0.336 e. The van der Waals surface area contributed by atoms with Crippen molar-refractivity contribution in [2.75, 3.05) is 20.6 Å². The summed E-state index contributed by atoms with van der Waals surface area (Å²) in [5, 5.41) is 2.68. The summed E-state index contributed by atoms with van der Waals surface area (Å²) in [7, 11) is -3.47. The molecular formula is C15H15ClN4O4S2. The van der Waals surface area contributed by atoms with E-state index in [9.17, 15) is 18.0 Å². The van der Waals surface area contributed by atoms with E-state index < -0.39 is 22.0 Å². The summed E-state index contributed by atoms with van der Waals surface area (Å²) in [6.45, 7) is 0. The maximum atomic E-state index is 12.2. The zero-order valence-corrected chi connectivity index (χ0v) is 15.9. The number of carbonyl (C=O) groups excluding carboxylic acids is 2. The van der Waals surface area contributed by atoms with Gasteiger partial charge in [-0.2, -0.15) is 0 Å². The Bertz CT molecular complexity index is 949. The SMILES string of the molecule is CS(=O)(=O)Nc1ccc(NC(=O)N(S)c2ccc(C(N)=O)cc2)cc1Cl. The van der Waals surface area contributed by atoms with Gasteiger partial charge in [0.25, 0.3) is 0 Å². The third-order valence-corrected chi connectivity index (χ3v) is 4.42. The molecule has 0 saturated heterocycles. The molecule has 0 aromatic heterocycles. The first-order chi connectivity index (χ1) is 12.1. The first-order valence-electron chi connectivity index (χ1n) is 7.04. The normalized spacial score (nSPS) is 10.9. The number of hydrogen-bond donors (Lipinski definition) is 4. The van der Waals surface area contributed by atoms with Crippen molar-refractivity contribution in [1.29, 1.82) is 0 Å². The van der Waals surface area contributed by atoms with Crippen LogP contribution in [0.25, 0.3) is 0 Å². The molecule has 0 atom stereocenters. The highest BCUT2D eigenvalue weighted by molar-refractivity contribution is 7.92. The Morgan fingerprint density at radius 2 is 1.77 bits per heavy atom. The zero-order chi connectivity index (χ0) is 19.5. The van der Waals surface area contributed by atoms with Gasteiger partial charge in [-0.15, -0.1) is 0 Å². The van der Waals surface area contributed by atoms with Crippen LogP contribution < -0.4 is 20.1 Å². The second kappa shape index (κ2) is 7.85. The second-order valence-corrected chi connectivity index (χ2v) is 7.78. The first-order valence-corrected chi connectivity index (χ1v) is 9.71. The molecule has 0 radical (unpaired) electrons. The second-order valence-electron chi connectivity index (χ2n) is 5.22. The highest BCUT2D eigenvalue weighted by atomic mass is 35.5. The lowest BCUT2D eigenvalue weighted by molar-refractivity contribution is 0.100. The molecule has 0 spiro atoms. The summed E-state index contributed by atoms with van der Waals surface area (Å²) in [5.74, 6) is -0.579. The van der Waals surface area contributed by atoms with Crippen molar-refractivity contribution in [3.8, 4) is 0 Å². The van der Waals surface area contributed by atoms with Gasteiger partial charge < -0.3 is 11.1 Å². The van der Waals surface area contributed by atoms with Crippen molar-refractivity contribution in [3.05, 3.63) is 53.1 Å². The largest absolute Gasteiger partial charge is 0.366 e. The molecule has 2 rings (SSSR count). The number of nitrogens with one attached hydrogen (secondary N) is 2. The summed E-state index contributed by atoms with van der Waals surface area (Å²) in [6.07, 6.45) is 1.00. The van der Waals surface area contributed by atoms with Gasteiger partial charge in [-0.1, -0.05) is 24.4 Å². The molecule has 3 amide bonds. The molecule has 8 nitrogen and oxygen atoms in total. The fourth-order valence-corrected chi connectivity index (χ4v) is 2.98. The molecule has 0 saturated carbocycles. The van der Waals surface area contributed by atoms with E-state index in [4.69, 9.17) is 17.3 Å². The maximum absolute atomic E-state index is 12.2. The number of hydrogen-bond acceptors (Lipinski definition) is 5. The van der Waals surface area contributed by atoms with Gasteiger partial charge >= 0.3 is 6.03 Å². The van der Waals surface area contributed by atoms with Gasteiger partial charge in [0.15, 0.2) is 0 Å². The van der Waals surface area contributed by atoms with E-state index in [-0.39, 0.29) is 10.7 Å². The predicted molar refractivity (Wildman–Crippen MR) is 105 cm³/mol. The minimum atomic E-state index is -3.47. The summed E-state index contributed by atoms with van der Waals surface area (Å²) in [5.41, 5.74) is 6.41. The number of sulfonamides is 1. The van der Waals surface area contributed by atoms with Crippen molar-refractivity contribution in [2.45, 2.75) is 0 Å². The van der Waals surface area contributed by atoms with Crippen LogP contribution in [0, 0.1) is 0 Å². The minimum Gasteiger partial charge on any atom is -0.366 e. The van der Waals surface area contributed by atoms with Crippen LogP contribution in [0.3, 0.4) is 0 Å². The lowest BCUT2D eigenvalue weighted by Gasteiger charge is -2.17. The number of thiol groups is 1. The molecule has 0 heterocycles. The molecule has 11 heteroatoms. The number of primary amides is 1. The fraction of sp³-hybridized carbons (Fsp3) is 0.0667. The molecule has 4 N–H and O–H groups in total. The Balaban J connectivity index is 2.11. The highest BCUT2D eigenvalue weighted by Gasteiger charge is 2.14. The van der Waals surface area contributed by atoms with E-state index in [0.717, 1.165) is 10.6 Å². The van der Waals surface area contributed by atoms with Crippen molar-refractivity contribution in [3.63, 3.8) is 0 Å². The third kappa shape index (κ3) is 5.28. The number of urea groups is 1. The Hall–Kier alpha value is -2.43. The number of rotatable bonds is 5. The quantitative estimate of drug-likeness (QED) is 0.562. The van der Waals surface area contributed by atoms with Gasteiger partial charge in [-0.3, -0.25) is 9.52 Å². The molecule has 0 fully saturated rings. The van der Waals surface area contributed by atoms with E-state index in [1.54, 1.807) is 0 Å². The van der Waals surface area contributed by atoms with Gasteiger partial charge in [0.2, 0.25) is 15.9 Å². The summed E-state index contributed by atoms with van der Waals surface area (Å²) >= 11 is 10.1. The Morgan fingerprint density at radius 3 is 2.27 bits per heavy atom. The van der Waals surface area contributed by atoms with Crippen LogP contribution >= 0.6 is 24.4 Å². The van der Waals surface area contributed by atoms with Gasteiger partial charge in [0.05, 0.1) is 22.7 Å². The lowest BCUT2D eigenvalue weighted by Crippen LogP contribution is -2.26. The Morgan fingerprint density at radius 1 is 1.15 bits per heavy atom. The molecule has 0 bridgehead atoms. The molecule has 26 heavy (non-hydrogen) atoms. The van der Waals surface area contributed by atoms with Gasteiger partial charge in [-0.25, -0.2) is 17.5 Å². The average molecular weight is 415 g/mol. The Labute approximate surface area is 160 Å². The number of halogens is 1. The molecule has 0 unspecified atom stereocenters. The fourth-order valence-electron chi connectivity index (χ4n) is 1.94. The first kappa shape index (κ1) is 19.9. The van der Waals surface area contributed by atoms with E-state index in [2.05, 4.69) is 22.9 Å². The van der Waals surface area contributed by atoms with Gasteiger partial charge in [0.1, 0.15) is 0 Å². The number of anilines is 3. The molecule has 0 aliphatic heterocycles. The van der Waals surface area contributed by atoms with Crippen LogP contribution in [0.15, 0.2) is 42.5 Å². The van der Waals surface area contributed by atoms with Crippen LogP contribution in [0.1, 0.15) is 10.4 Å². The molecule has 2 aromatic carbocycles. The van der Waals surface area contributed by atoms with E-state index >= 15 is 0 Å². The molecule has 2 aromatic rings. The zero-order valence-electron chi connectivity index (χ0n) is 13.4. The third-order valence-electron chi connectivity index (χ3n) is 3.10. The van der Waals surface area contributed by atoms with Crippen LogP contribution in [0.5, 0.6) is 0 Å². The number of nitrogens with zero attached hydrogens (tertiary/aromatic N) is 1. The number of amides is 3. The maximum Gasteiger partial charge on any atom is 0.336 e. The van der Waals surface area contributed by atoms with Crippen LogP contribution in [0.2, 0.25) is 5.02 Å². The van der Waals surface area contributed by atoms with Crippen molar-refractivity contribution >= 4 is 63.4 Å². The van der Waals surface area contributed by atoms with E-state index in [1.807, 2.05) is 0 Å². The molecule has 0 aliphatic rings. The van der Waals surface area contributed by atoms with Crippen LogP contribution in [-0.4, -0.2) is 26.6 Å². The molecule has 0 aliphatic carbocycles. The van der Waals surface area contributed by atoms with Gasteiger partial charge in [-0.05, 0) is 42.5 Å². The van der Waals surface area contributed by atoms with E-state index in [1.165, 1.54) is 42.5 Å². The van der Waals surface area contributed by atoms with Crippen LogP contribution in [0.4, 0.5) is 21.9 Å². The Kier molecular flexibility index (Phi) is 6.01. The minimum absolute atomic E-state index is 0.116. The van der Waals surface area contributed by atoms with Crippen LogP contribution in [-0.2, 0) is 10.0 Å². The lowest BCUT2D eigenvalue weighted by atomic mass is 10.2.